The van der Waals surface area contributed by atoms with Gasteiger partial charge in [-0.05, 0) is 31.1 Å². The third-order valence-electron chi connectivity index (χ3n) is 2.86. The Labute approximate surface area is 120 Å². The van der Waals surface area contributed by atoms with Crippen LogP contribution in [0.3, 0.4) is 0 Å². The van der Waals surface area contributed by atoms with Crippen molar-refractivity contribution in [2.45, 2.75) is 19.9 Å². The molecule has 102 valence electrons. The van der Waals surface area contributed by atoms with Crippen molar-refractivity contribution in [2.75, 3.05) is 0 Å². The molecule has 0 unspecified atom stereocenters. The Kier molecular flexibility index (Phi) is 4.72. The van der Waals surface area contributed by atoms with Gasteiger partial charge in [-0.25, -0.2) is 0 Å². The second-order valence-corrected chi connectivity index (χ2v) is 4.96. The molecule has 2 heteroatoms. The average Bonchev–Trinajstić information content (AvgIpc) is 2.46. The second-order valence-electron chi connectivity index (χ2n) is 4.96. The van der Waals surface area contributed by atoms with Gasteiger partial charge in [-0.1, -0.05) is 60.7 Å². The van der Waals surface area contributed by atoms with E-state index in [1.807, 2.05) is 80.6 Å². The number of carbonyl (C=O) groups excluding carboxylic acids is 1. The molecular weight excluding hydrogens is 246 g/mol. The monoisotopic (exact) mass is 265 g/mol. The topological polar surface area (TPSA) is 29.1 Å². The van der Waals surface area contributed by atoms with Crippen LogP contribution in [0.15, 0.2) is 60.7 Å². The van der Waals surface area contributed by atoms with E-state index >= 15 is 0 Å². The molecule has 20 heavy (non-hydrogen) atoms. The van der Waals surface area contributed by atoms with Gasteiger partial charge >= 0.3 is 0 Å². The molecule has 0 saturated heterocycles. The Balaban J connectivity index is 2.40. The van der Waals surface area contributed by atoms with Crippen LogP contribution in [0.2, 0.25) is 0 Å². The van der Waals surface area contributed by atoms with Crippen LogP contribution >= 0.6 is 0 Å². The van der Waals surface area contributed by atoms with Crippen LogP contribution in [-0.2, 0) is 4.79 Å². The molecule has 0 saturated carbocycles. The van der Waals surface area contributed by atoms with E-state index in [0.717, 1.165) is 11.1 Å². The highest BCUT2D eigenvalue weighted by molar-refractivity contribution is 6.24. The molecule has 0 spiro atoms. The standard InChI is InChI=1S/C18H19NO/c1-14(2)19-18(20)17(16-11-7-4-8-12-16)13-15-9-5-3-6-10-15/h3-14H,1-2H3,(H,19,20). The Morgan fingerprint density at radius 1 is 0.950 bits per heavy atom. The Morgan fingerprint density at radius 2 is 1.50 bits per heavy atom. The first-order valence-electron chi connectivity index (χ1n) is 6.80. The van der Waals surface area contributed by atoms with Gasteiger partial charge in [-0.15, -0.1) is 0 Å². The predicted molar refractivity (Wildman–Crippen MR) is 84.0 cm³/mol. The van der Waals surface area contributed by atoms with Crippen LogP contribution in [0, 0.1) is 0 Å². The molecule has 2 aromatic rings. The zero-order valence-electron chi connectivity index (χ0n) is 11.8. The van der Waals surface area contributed by atoms with Gasteiger partial charge in [-0.2, -0.15) is 0 Å². The van der Waals surface area contributed by atoms with Gasteiger partial charge in [-0.3, -0.25) is 4.79 Å². The minimum atomic E-state index is -0.0462. The molecule has 1 amide bonds. The molecule has 0 aromatic heterocycles. The molecule has 0 aliphatic rings. The van der Waals surface area contributed by atoms with Gasteiger partial charge in [0.25, 0.3) is 5.91 Å². The fourth-order valence-electron chi connectivity index (χ4n) is 1.95. The van der Waals surface area contributed by atoms with Crippen molar-refractivity contribution in [2.24, 2.45) is 0 Å². The maximum atomic E-state index is 12.4. The number of benzene rings is 2. The maximum absolute atomic E-state index is 12.4. The van der Waals surface area contributed by atoms with Crippen molar-refractivity contribution in [3.05, 3.63) is 71.8 Å². The van der Waals surface area contributed by atoms with E-state index < -0.39 is 0 Å². The van der Waals surface area contributed by atoms with Crippen molar-refractivity contribution in [3.8, 4) is 0 Å². The van der Waals surface area contributed by atoms with Gasteiger partial charge in [0.1, 0.15) is 0 Å². The molecule has 2 aromatic carbocycles. The summed E-state index contributed by atoms with van der Waals surface area (Å²) in [5, 5.41) is 2.95. The van der Waals surface area contributed by atoms with Gasteiger partial charge in [0.15, 0.2) is 0 Å². The highest BCUT2D eigenvalue weighted by Crippen LogP contribution is 2.18. The molecule has 0 aliphatic heterocycles. The van der Waals surface area contributed by atoms with Crippen molar-refractivity contribution in [3.63, 3.8) is 0 Å². The summed E-state index contributed by atoms with van der Waals surface area (Å²) in [6, 6.07) is 19.7. The first-order valence-corrected chi connectivity index (χ1v) is 6.80. The van der Waals surface area contributed by atoms with Crippen molar-refractivity contribution >= 4 is 17.6 Å². The lowest BCUT2D eigenvalue weighted by Crippen LogP contribution is -2.30. The number of rotatable bonds is 4. The fraction of sp³-hybridized carbons (Fsp3) is 0.167. The van der Waals surface area contributed by atoms with Crippen LogP contribution in [0.5, 0.6) is 0 Å². The van der Waals surface area contributed by atoms with E-state index in [1.165, 1.54) is 0 Å². The van der Waals surface area contributed by atoms with Gasteiger partial charge < -0.3 is 5.32 Å². The van der Waals surface area contributed by atoms with E-state index in [1.54, 1.807) is 0 Å². The number of hydrogen-bond donors (Lipinski definition) is 1. The molecule has 0 aliphatic carbocycles. The highest BCUT2D eigenvalue weighted by Gasteiger charge is 2.12. The quantitative estimate of drug-likeness (QED) is 0.662. The van der Waals surface area contributed by atoms with Gasteiger partial charge in [0.2, 0.25) is 0 Å². The minimum absolute atomic E-state index is 0.0462. The van der Waals surface area contributed by atoms with Crippen molar-refractivity contribution in [1.29, 1.82) is 0 Å². The summed E-state index contributed by atoms with van der Waals surface area (Å²) in [6.45, 7) is 3.92. The van der Waals surface area contributed by atoms with Gasteiger partial charge in [0, 0.05) is 11.6 Å². The molecule has 2 rings (SSSR count). The van der Waals surface area contributed by atoms with Crippen LogP contribution in [0.25, 0.3) is 11.6 Å². The summed E-state index contributed by atoms with van der Waals surface area (Å²) < 4.78 is 0. The molecule has 2 nitrogen and oxygen atoms in total. The predicted octanol–water partition coefficient (Wildman–Crippen LogP) is 3.75. The first kappa shape index (κ1) is 14.1. The highest BCUT2D eigenvalue weighted by atomic mass is 16.1. The zero-order chi connectivity index (χ0) is 14.4. The van der Waals surface area contributed by atoms with Crippen molar-refractivity contribution in [1.82, 2.24) is 5.32 Å². The van der Waals surface area contributed by atoms with Crippen LogP contribution in [0.4, 0.5) is 0 Å². The molecule has 0 bridgehead atoms. The number of carbonyl (C=O) groups is 1. The summed E-state index contributed by atoms with van der Waals surface area (Å²) in [4.78, 5) is 12.4. The molecule has 0 atom stereocenters. The number of nitrogens with one attached hydrogen (secondary N) is 1. The van der Waals surface area contributed by atoms with E-state index in [9.17, 15) is 4.79 Å². The first-order chi connectivity index (χ1) is 9.66. The maximum Gasteiger partial charge on any atom is 0.252 e. The van der Waals surface area contributed by atoms with E-state index in [2.05, 4.69) is 5.32 Å². The molecule has 1 N–H and O–H groups in total. The number of amides is 1. The van der Waals surface area contributed by atoms with E-state index in [0.29, 0.717) is 5.57 Å². The fourth-order valence-corrected chi connectivity index (χ4v) is 1.95. The smallest absolute Gasteiger partial charge is 0.252 e. The van der Waals surface area contributed by atoms with E-state index in [-0.39, 0.29) is 11.9 Å². The summed E-state index contributed by atoms with van der Waals surface area (Å²) in [5.41, 5.74) is 2.63. The average molecular weight is 265 g/mol. The lowest BCUT2D eigenvalue weighted by atomic mass is 10.0. The van der Waals surface area contributed by atoms with Gasteiger partial charge in [0.05, 0.1) is 0 Å². The summed E-state index contributed by atoms with van der Waals surface area (Å²) >= 11 is 0. The van der Waals surface area contributed by atoms with Crippen molar-refractivity contribution < 1.29 is 4.79 Å². The normalized spacial score (nSPS) is 11.4. The van der Waals surface area contributed by atoms with Crippen LogP contribution < -0.4 is 5.32 Å². The second kappa shape index (κ2) is 6.71. The SMILES string of the molecule is CC(C)NC(=O)C(=Cc1ccccc1)c1ccccc1. The summed E-state index contributed by atoms with van der Waals surface area (Å²) in [6.07, 6.45) is 1.92. The third-order valence-corrected chi connectivity index (χ3v) is 2.86. The number of hydrogen-bond acceptors (Lipinski definition) is 1. The Bertz CT molecular complexity index is 585. The lowest BCUT2D eigenvalue weighted by molar-refractivity contribution is -0.116. The summed E-state index contributed by atoms with van der Waals surface area (Å²) in [7, 11) is 0. The largest absolute Gasteiger partial charge is 0.350 e. The lowest BCUT2D eigenvalue weighted by Gasteiger charge is -2.12. The molecule has 0 radical (unpaired) electrons. The Morgan fingerprint density at radius 3 is 2.05 bits per heavy atom. The third kappa shape index (κ3) is 3.82. The van der Waals surface area contributed by atoms with Crippen LogP contribution in [-0.4, -0.2) is 11.9 Å². The van der Waals surface area contributed by atoms with Crippen LogP contribution in [0.1, 0.15) is 25.0 Å². The minimum Gasteiger partial charge on any atom is -0.350 e. The molecule has 0 heterocycles. The van der Waals surface area contributed by atoms with E-state index in [4.69, 9.17) is 0 Å². The summed E-state index contributed by atoms with van der Waals surface area (Å²) in [5.74, 6) is -0.0462. The zero-order valence-corrected chi connectivity index (χ0v) is 11.8. The molecule has 0 fully saturated rings. The Hall–Kier alpha value is -2.35. The molecular formula is C18H19NO.